The second-order valence-electron chi connectivity index (χ2n) is 28.7. The quantitative estimate of drug-likeness (QED) is 0.149. The molecular formula is C69H73BN2S. The van der Waals surface area contributed by atoms with E-state index >= 15 is 0 Å². The highest BCUT2D eigenvalue weighted by molar-refractivity contribution is 7.27. The Kier molecular flexibility index (Phi) is 8.83. The molecule has 2 aromatic heterocycles. The van der Waals surface area contributed by atoms with E-state index in [9.17, 15) is 0 Å². The third kappa shape index (κ3) is 6.00. The van der Waals surface area contributed by atoms with Crippen molar-refractivity contribution in [1.29, 1.82) is 0 Å². The Morgan fingerprint density at radius 3 is 1.70 bits per heavy atom. The molecule has 0 bridgehead atoms. The molecule has 0 fully saturated rings. The van der Waals surface area contributed by atoms with Gasteiger partial charge in [-0.15, -0.1) is 11.3 Å². The van der Waals surface area contributed by atoms with Crippen LogP contribution in [-0.4, -0.2) is 11.4 Å². The van der Waals surface area contributed by atoms with Crippen molar-refractivity contribution in [1.82, 2.24) is 4.57 Å². The topological polar surface area (TPSA) is 8.17 Å². The molecule has 73 heavy (non-hydrogen) atoms. The highest BCUT2D eigenvalue weighted by atomic mass is 32.1. The molecule has 7 aromatic carbocycles. The van der Waals surface area contributed by atoms with E-state index in [-0.39, 0.29) is 44.8 Å². The standard InChI is InChI=1S/C69H73BN2S/c1-63(2,3)38-21-24-40(25-22-38)72-55-36-47-42(43-33-48-50(35-46(43)69(47,15)16)67(11,12)29-27-65(48,7)8)32-44(55)57-58-41-19-17-18-20-56(41)73-62(58)59-45-34-49-51(68(13,14)30-28-66(49,9)10)37-54(45)71-53-26-23-39(64(4,5)6)31-52(53)70(72)60(57)61(59)71/h17-26,31-37H,27-30H2,1-16H3. The zero-order valence-electron chi connectivity index (χ0n) is 46.5. The van der Waals surface area contributed by atoms with Crippen LogP contribution < -0.4 is 15.7 Å². The molecule has 9 aromatic rings. The van der Waals surface area contributed by atoms with E-state index in [0.29, 0.717) is 0 Å². The van der Waals surface area contributed by atoms with Crippen molar-refractivity contribution in [3.8, 4) is 27.9 Å². The van der Waals surface area contributed by atoms with E-state index in [1.165, 1.54) is 157 Å². The summed E-state index contributed by atoms with van der Waals surface area (Å²) in [5, 5.41) is 5.63. The van der Waals surface area contributed by atoms with Gasteiger partial charge in [-0.2, -0.15) is 0 Å². The molecule has 0 saturated heterocycles. The number of rotatable bonds is 1. The van der Waals surface area contributed by atoms with Gasteiger partial charge in [0.25, 0.3) is 0 Å². The fraction of sp³-hybridized carbons (Fsp3) is 0.391. The Hall–Kier alpha value is -5.58. The largest absolute Gasteiger partial charge is 0.376 e. The fourth-order valence-corrected chi connectivity index (χ4v) is 16.3. The molecule has 0 spiro atoms. The molecular weight excluding hydrogens is 900 g/mol. The highest BCUT2D eigenvalue weighted by Crippen LogP contribution is 2.60. The van der Waals surface area contributed by atoms with Gasteiger partial charge in [-0.3, -0.25) is 0 Å². The molecule has 3 aliphatic carbocycles. The van der Waals surface area contributed by atoms with Gasteiger partial charge in [0.1, 0.15) is 0 Å². The number of aromatic nitrogens is 1. The van der Waals surface area contributed by atoms with Crippen LogP contribution in [0.5, 0.6) is 0 Å². The van der Waals surface area contributed by atoms with Crippen LogP contribution in [0.4, 0.5) is 11.4 Å². The number of hydrogen-bond donors (Lipinski definition) is 0. The number of hydrogen-bond acceptors (Lipinski definition) is 2. The molecule has 0 amide bonds. The highest BCUT2D eigenvalue weighted by Gasteiger charge is 2.49. The minimum Gasteiger partial charge on any atom is -0.376 e. The van der Waals surface area contributed by atoms with Crippen LogP contribution in [0, 0.1) is 0 Å². The van der Waals surface area contributed by atoms with Gasteiger partial charge < -0.3 is 9.38 Å². The second-order valence-corrected chi connectivity index (χ2v) is 29.7. The molecule has 4 heteroatoms. The van der Waals surface area contributed by atoms with Gasteiger partial charge in [0, 0.05) is 59.0 Å². The Morgan fingerprint density at radius 1 is 0.493 bits per heavy atom. The first-order chi connectivity index (χ1) is 34.2. The van der Waals surface area contributed by atoms with E-state index < -0.39 is 0 Å². The lowest BCUT2D eigenvalue weighted by molar-refractivity contribution is 0.331. The normalized spacial score (nSPS) is 19.2. The molecule has 2 nitrogen and oxygen atoms in total. The zero-order chi connectivity index (χ0) is 51.2. The number of benzene rings is 7. The summed E-state index contributed by atoms with van der Waals surface area (Å²) >= 11 is 2.02. The molecule has 2 aliphatic heterocycles. The van der Waals surface area contributed by atoms with Crippen molar-refractivity contribution < 1.29 is 0 Å². The summed E-state index contributed by atoms with van der Waals surface area (Å²) in [4.78, 5) is 2.81. The molecule has 0 unspecified atom stereocenters. The van der Waals surface area contributed by atoms with Gasteiger partial charge in [-0.05, 0) is 185 Å². The summed E-state index contributed by atoms with van der Waals surface area (Å²) in [7, 11) is 0. The molecule has 0 saturated carbocycles. The minimum atomic E-state index is -0.195. The lowest BCUT2D eigenvalue weighted by Gasteiger charge is -2.43. The summed E-state index contributed by atoms with van der Waals surface area (Å²) in [6.07, 6.45) is 4.78. The smallest absolute Gasteiger partial charge is 0.333 e. The van der Waals surface area contributed by atoms with E-state index in [0.717, 1.165) is 0 Å². The first kappa shape index (κ1) is 46.0. The zero-order valence-corrected chi connectivity index (χ0v) is 47.3. The molecule has 0 N–H and O–H groups in total. The molecule has 0 atom stereocenters. The predicted octanol–water partition coefficient (Wildman–Crippen LogP) is 18.0. The maximum absolute atomic E-state index is 2.81. The lowest BCUT2D eigenvalue weighted by Crippen LogP contribution is -2.60. The number of fused-ring (bicyclic) bond motifs is 18. The number of anilines is 2. The van der Waals surface area contributed by atoms with Gasteiger partial charge in [-0.1, -0.05) is 159 Å². The van der Waals surface area contributed by atoms with Crippen LogP contribution in [0.15, 0.2) is 103 Å². The summed E-state index contributed by atoms with van der Waals surface area (Å²) < 4.78 is 5.55. The van der Waals surface area contributed by atoms with Gasteiger partial charge in [0.05, 0.1) is 11.0 Å². The van der Waals surface area contributed by atoms with Gasteiger partial charge in [-0.25, -0.2) is 0 Å². The van der Waals surface area contributed by atoms with Crippen LogP contribution in [0.1, 0.15) is 181 Å². The Labute approximate surface area is 439 Å². The van der Waals surface area contributed by atoms with Crippen molar-refractivity contribution >= 4 is 82.5 Å². The predicted molar refractivity (Wildman–Crippen MR) is 318 cm³/mol. The average molecular weight is 973 g/mol. The Balaban J connectivity index is 1.20. The van der Waals surface area contributed by atoms with Gasteiger partial charge in [0.2, 0.25) is 0 Å². The summed E-state index contributed by atoms with van der Waals surface area (Å²) in [5.41, 5.74) is 27.0. The maximum atomic E-state index is 2.81. The Morgan fingerprint density at radius 2 is 1.05 bits per heavy atom. The van der Waals surface area contributed by atoms with Crippen molar-refractivity contribution in [3.05, 3.63) is 148 Å². The van der Waals surface area contributed by atoms with E-state index in [4.69, 9.17) is 0 Å². The van der Waals surface area contributed by atoms with E-state index in [2.05, 4.69) is 223 Å². The van der Waals surface area contributed by atoms with Gasteiger partial charge >= 0.3 is 6.85 Å². The maximum Gasteiger partial charge on any atom is 0.333 e. The van der Waals surface area contributed by atoms with E-state index in [1.807, 2.05) is 11.3 Å². The van der Waals surface area contributed by atoms with Crippen LogP contribution in [0.25, 0.3) is 69.9 Å². The SMILES string of the molecule is CC(C)(C)c1ccc(N2B3c4cc(C(C)(C)C)ccc4-n4c5cc6c(cc5c5c7sc8ccccc8c7c(c3c54)-c3cc4c(cc32)C(C)(C)c2cc3c(cc2-4)C(C)(C)CCC3(C)C)C(C)(C)CCC6(C)C)cc1. The monoisotopic (exact) mass is 973 g/mol. The molecule has 14 rings (SSSR count). The van der Waals surface area contributed by atoms with Crippen LogP contribution >= 0.6 is 11.3 Å². The van der Waals surface area contributed by atoms with Gasteiger partial charge in [0.15, 0.2) is 0 Å². The molecule has 0 radical (unpaired) electrons. The lowest BCUT2D eigenvalue weighted by atomic mass is 9.43. The molecule has 368 valence electrons. The average Bonchev–Trinajstić information content (AvgIpc) is 3.98. The number of nitrogens with zero attached hydrogens (tertiary/aromatic N) is 2. The summed E-state index contributed by atoms with van der Waals surface area (Å²) in [5.74, 6) is 0. The molecule has 5 aliphatic rings. The second kappa shape index (κ2) is 14.0. The minimum absolute atomic E-state index is 0.0317. The summed E-state index contributed by atoms with van der Waals surface area (Å²) in [6, 6.07) is 42.7. The van der Waals surface area contributed by atoms with Crippen LogP contribution in [0.3, 0.4) is 0 Å². The van der Waals surface area contributed by atoms with E-state index in [1.54, 1.807) is 5.56 Å². The third-order valence-corrected chi connectivity index (χ3v) is 21.0. The first-order valence-corrected chi connectivity index (χ1v) is 28.4. The fourth-order valence-electron chi connectivity index (χ4n) is 15.0. The molecule has 4 heterocycles. The van der Waals surface area contributed by atoms with Crippen LogP contribution in [-0.2, 0) is 37.9 Å². The third-order valence-electron chi connectivity index (χ3n) is 19.8. The number of thiophene rings is 1. The Bertz CT molecular complexity index is 3960. The van der Waals surface area contributed by atoms with Crippen molar-refractivity contribution in [3.63, 3.8) is 0 Å². The van der Waals surface area contributed by atoms with Crippen molar-refractivity contribution in [2.75, 3.05) is 4.81 Å². The first-order valence-electron chi connectivity index (χ1n) is 27.6. The van der Waals surface area contributed by atoms with Crippen LogP contribution in [0.2, 0.25) is 0 Å². The summed E-state index contributed by atoms with van der Waals surface area (Å²) in [6.45, 7) is 39.1. The van der Waals surface area contributed by atoms with Crippen molar-refractivity contribution in [2.45, 2.75) is 174 Å². The van der Waals surface area contributed by atoms with Crippen molar-refractivity contribution in [2.24, 2.45) is 0 Å².